The molecule has 6 rings (SSSR count). The number of likely N-dealkylation sites (N-methyl/N-ethyl adjacent to an activating group) is 1. The number of H-pyrrole nitrogens is 1. The zero-order valence-electron chi connectivity index (χ0n) is 24.2. The third kappa shape index (κ3) is 5.91. The van der Waals surface area contributed by atoms with Crippen molar-refractivity contribution in [2.75, 3.05) is 23.7 Å². The van der Waals surface area contributed by atoms with Gasteiger partial charge in [0.25, 0.3) is 5.91 Å². The van der Waals surface area contributed by atoms with Gasteiger partial charge in [-0.2, -0.15) is 9.97 Å². The number of rotatable bonds is 11. The molecule has 43 heavy (non-hydrogen) atoms. The summed E-state index contributed by atoms with van der Waals surface area (Å²) in [5, 5.41) is 30.7. The van der Waals surface area contributed by atoms with Crippen LogP contribution in [0.2, 0.25) is 0 Å². The Balaban J connectivity index is 1.33. The van der Waals surface area contributed by atoms with Gasteiger partial charge in [0, 0.05) is 26.6 Å². The topological polar surface area (TPSA) is 175 Å². The molecule has 5 aromatic rings. The van der Waals surface area contributed by atoms with Crippen LogP contribution in [0.3, 0.4) is 0 Å². The van der Waals surface area contributed by atoms with Crippen molar-refractivity contribution in [2.45, 2.75) is 43.9 Å². The fourth-order valence-electron chi connectivity index (χ4n) is 5.19. The van der Waals surface area contributed by atoms with Gasteiger partial charge in [-0.25, -0.2) is 9.97 Å². The van der Waals surface area contributed by atoms with Crippen LogP contribution >= 0.6 is 0 Å². The minimum Gasteiger partial charge on any atom is -0.387 e. The van der Waals surface area contributed by atoms with Crippen LogP contribution in [-0.2, 0) is 16.1 Å². The number of carbonyl (C=O) groups is 1. The highest BCUT2D eigenvalue weighted by atomic mass is 16.6. The number of amides is 1. The predicted octanol–water partition coefficient (Wildman–Crippen LogP) is 2.16. The quantitative estimate of drug-likeness (QED) is 0.135. The fraction of sp³-hybridized carbons (Fsp3) is 0.300. The van der Waals surface area contributed by atoms with E-state index in [0.717, 1.165) is 16.8 Å². The van der Waals surface area contributed by atoms with Gasteiger partial charge in [-0.1, -0.05) is 60.7 Å². The second-order valence-electron chi connectivity index (χ2n) is 10.1. The monoisotopic (exact) mass is 584 g/mol. The summed E-state index contributed by atoms with van der Waals surface area (Å²) >= 11 is 0. The summed E-state index contributed by atoms with van der Waals surface area (Å²) in [5.41, 5.74) is 3.83. The lowest BCUT2D eigenvalue weighted by atomic mass is 9.91. The first-order valence-electron chi connectivity index (χ1n) is 14.6. The Morgan fingerprint density at radius 2 is 1.81 bits per heavy atom. The van der Waals surface area contributed by atoms with E-state index in [9.17, 15) is 15.0 Å². The first-order chi connectivity index (χ1) is 21.5. The minimum atomic E-state index is -1.49. The van der Waals surface area contributed by atoms with E-state index in [1.165, 1.54) is 10.9 Å². The molecule has 1 unspecified atom stereocenters. The van der Waals surface area contributed by atoms with Crippen molar-refractivity contribution in [1.29, 1.82) is 0 Å². The molecule has 3 aromatic heterocycles. The Kier molecular flexibility index (Phi) is 7.90. The molecule has 1 fully saturated rings. The van der Waals surface area contributed by atoms with Crippen LogP contribution in [0.15, 0.2) is 79.5 Å². The molecule has 0 saturated carbocycles. The van der Waals surface area contributed by atoms with Crippen molar-refractivity contribution in [3.8, 4) is 0 Å². The molecule has 1 aliphatic heterocycles. The van der Waals surface area contributed by atoms with E-state index in [4.69, 9.17) is 11.1 Å². The molecule has 13 heteroatoms. The van der Waals surface area contributed by atoms with E-state index in [1.807, 2.05) is 36.4 Å². The Morgan fingerprint density at radius 1 is 1.07 bits per heavy atom. The molecule has 6 N–H and O–H groups in total. The van der Waals surface area contributed by atoms with E-state index >= 15 is 0 Å². The van der Waals surface area contributed by atoms with Gasteiger partial charge in [0.15, 0.2) is 29.3 Å². The van der Waals surface area contributed by atoms with Gasteiger partial charge in [-0.15, -0.1) is 0 Å². The van der Waals surface area contributed by atoms with Crippen molar-refractivity contribution in [1.82, 2.24) is 34.8 Å². The minimum absolute atomic E-state index is 0.00373. The number of hydrogen-bond acceptors (Lipinski definition) is 10. The molecule has 1 saturated heterocycles. The first kappa shape index (κ1) is 27.0. The molecule has 4 heterocycles. The van der Waals surface area contributed by atoms with Crippen molar-refractivity contribution in [2.24, 2.45) is 0 Å². The number of imidazole rings is 2. The van der Waals surface area contributed by atoms with Crippen molar-refractivity contribution in [3.63, 3.8) is 0 Å². The second kappa shape index (κ2) is 12.6. The van der Waals surface area contributed by atoms with E-state index in [-0.39, 0.29) is 25.3 Å². The van der Waals surface area contributed by atoms with Crippen molar-refractivity contribution < 1.29 is 21.1 Å². The van der Waals surface area contributed by atoms with Gasteiger partial charge in [-0.3, -0.25) is 9.36 Å². The molecule has 0 spiro atoms. The number of aromatic nitrogens is 6. The Bertz CT molecular complexity index is 1630. The summed E-state index contributed by atoms with van der Waals surface area (Å²) in [6, 6.07) is 20.3. The van der Waals surface area contributed by atoms with Gasteiger partial charge < -0.3 is 35.9 Å². The highest BCUT2D eigenvalue weighted by Crippen LogP contribution is 2.34. The lowest BCUT2D eigenvalue weighted by molar-refractivity contribution is -0.137. The zero-order chi connectivity index (χ0) is 30.5. The van der Waals surface area contributed by atoms with Gasteiger partial charge in [0.05, 0.1) is 24.9 Å². The van der Waals surface area contributed by atoms with E-state index < -0.39 is 30.4 Å². The highest BCUT2D eigenvalue weighted by Gasteiger charge is 2.47. The molecule has 13 nitrogen and oxygen atoms in total. The third-order valence-corrected chi connectivity index (χ3v) is 7.36. The number of ether oxygens (including phenoxy) is 1. The maximum absolute atomic E-state index is 12.6. The predicted molar refractivity (Wildman–Crippen MR) is 159 cm³/mol. The maximum atomic E-state index is 12.6. The van der Waals surface area contributed by atoms with Crippen molar-refractivity contribution in [3.05, 3.63) is 96.3 Å². The number of nitrogens with zero attached hydrogens (tertiary/aromatic N) is 5. The molecule has 1 aliphatic rings. The van der Waals surface area contributed by atoms with Gasteiger partial charge in [0.2, 0.25) is 5.95 Å². The van der Waals surface area contributed by atoms with Crippen molar-refractivity contribution >= 4 is 28.8 Å². The lowest BCUT2D eigenvalue weighted by Gasteiger charge is -2.20. The van der Waals surface area contributed by atoms with Crippen LogP contribution in [0.1, 0.15) is 37.2 Å². The Labute approximate surface area is 248 Å². The molecule has 4 atom stereocenters. The molecule has 1 amide bonds. The number of aliphatic hydroxyl groups excluding tert-OH is 2. The van der Waals surface area contributed by atoms with E-state index in [0.29, 0.717) is 30.1 Å². The van der Waals surface area contributed by atoms with Gasteiger partial charge in [0.1, 0.15) is 12.2 Å². The van der Waals surface area contributed by atoms with Gasteiger partial charge >= 0.3 is 0 Å². The van der Waals surface area contributed by atoms with Crippen LogP contribution in [0, 0.1) is 0 Å². The molecule has 222 valence electrons. The standard InChI is InChI=1S/C30H33N9O4/c1-2-32-28(42)25-23(40)24(41)29(43-25)39-17-36-22-26(37-30(38-27(22)39)34-14-20-13-31-16-35-20)33-15-21(18-9-5-3-6-10-18)19-11-7-4-8-12-19/h3-13,16-17,21,23-25,29,40-41H,2,14-15H2,1H3,(H,31,35)(H,32,42)(H2,33,34,37,38)/t23-,24+,25-,29?/m0/s1/i1D. The maximum Gasteiger partial charge on any atom is 0.252 e. The van der Waals surface area contributed by atoms with Crippen LogP contribution in [0.25, 0.3) is 11.2 Å². The largest absolute Gasteiger partial charge is 0.387 e. The number of aliphatic hydroxyl groups is 2. The normalized spacial score (nSPS) is 20.3. The van der Waals surface area contributed by atoms with Crippen LogP contribution in [0.5, 0.6) is 0 Å². The molecule has 2 aromatic carbocycles. The SMILES string of the molecule is [2H]CCNC(=O)[C@H]1OC(n2cnc3c(NCC(c4ccccc4)c4ccccc4)nc(NCc4cnc[nH]4)nc32)[C@H](O)[C@@H]1O. The average molecular weight is 585 g/mol. The van der Waals surface area contributed by atoms with E-state index in [2.05, 4.69) is 60.2 Å². The van der Waals surface area contributed by atoms with Crippen LogP contribution in [-0.4, -0.2) is 77.0 Å². The van der Waals surface area contributed by atoms with Gasteiger partial charge in [-0.05, 0) is 18.0 Å². The summed E-state index contributed by atoms with van der Waals surface area (Å²) in [7, 11) is 0. The second-order valence-corrected chi connectivity index (χ2v) is 10.1. The molecule has 0 radical (unpaired) electrons. The summed E-state index contributed by atoms with van der Waals surface area (Å²) < 4.78 is 14.6. The van der Waals surface area contributed by atoms with Crippen LogP contribution < -0.4 is 16.0 Å². The fourth-order valence-corrected chi connectivity index (χ4v) is 5.19. The summed E-state index contributed by atoms with van der Waals surface area (Å²) in [4.78, 5) is 33.6. The Morgan fingerprint density at radius 3 is 2.49 bits per heavy atom. The summed E-state index contributed by atoms with van der Waals surface area (Å²) in [6.07, 6.45) is -0.683. The summed E-state index contributed by atoms with van der Waals surface area (Å²) in [6.45, 7) is 0.936. The highest BCUT2D eigenvalue weighted by molar-refractivity contribution is 5.85. The number of benzene rings is 2. The number of anilines is 2. The molecule has 0 bridgehead atoms. The number of hydrogen-bond donors (Lipinski definition) is 6. The average Bonchev–Trinajstić information content (AvgIpc) is 3.80. The van der Waals surface area contributed by atoms with Crippen LogP contribution in [0.4, 0.5) is 11.8 Å². The number of fused-ring (bicyclic) bond motifs is 1. The third-order valence-electron chi connectivity index (χ3n) is 7.36. The number of carbonyl (C=O) groups excluding carboxylic acids is 1. The summed E-state index contributed by atoms with van der Waals surface area (Å²) in [5.74, 6) is 0.132. The number of aromatic amines is 1. The Hall–Kier alpha value is -4.85. The molecular formula is C30H33N9O4. The first-order valence-corrected chi connectivity index (χ1v) is 13.9. The molecule has 0 aliphatic carbocycles. The molecular weight excluding hydrogens is 550 g/mol. The zero-order valence-corrected chi connectivity index (χ0v) is 23.2. The smallest absolute Gasteiger partial charge is 0.252 e. The number of nitrogens with one attached hydrogen (secondary N) is 4. The van der Waals surface area contributed by atoms with E-state index in [1.54, 1.807) is 12.5 Å². The lowest BCUT2D eigenvalue weighted by Crippen LogP contribution is -2.42.